The van der Waals surface area contributed by atoms with E-state index in [9.17, 15) is 14.4 Å². The van der Waals surface area contributed by atoms with Gasteiger partial charge in [0, 0.05) is 24.3 Å². The number of hydrogen-bond donors (Lipinski definition) is 4. The summed E-state index contributed by atoms with van der Waals surface area (Å²) in [5, 5.41) is 5.19. The number of anilines is 1. The van der Waals surface area contributed by atoms with E-state index in [0.29, 0.717) is 17.0 Å². The van der Waals surface area contributed by atoms with Crippen LogP contribution in [0.15, 0.2) is 53.2 Å². The highest BCUT2D eigenvalue weighted by Gasteiger charge is 2.13. The summed E-state index contributed by atoms with van der Waals surface area (Å²) < 4.78 is 5.19. The van der Waals surface area contributed by atoms with E-state index in [2.05, 4.69) is 10.6 Å². The van der Waals surface area contributed by atoms with Crippen molar-refractivity contribution in [1.82, 2.24) is 10.7 Å². The van der Waals surface area contributed by atoms with Crippen molar-refractivity contribution < 1.29 is 18.8 Å². The van der Waals surface area contributed by atoms with Crippen LogP contribution in [-0.4, -0.2) is 17.7 Å². The summed E-state index contributed by atoms with van der Waals surface area (Å²) >= 11 is 0. The molecule has 0 spiro atoms. The van der Waals surface area contributed by atoms with Gasteiger partial charge in [0.15, 0.2) is 0 Å². The molecule has 8 nitrogen and oxygen atoms in total. The summed E-state index contributed by atoms with van der Waals surface area (Å²) in [6.07, 6.45) is 2.53. The Balaban J connectivity index is 2.17. The summed E-state index contributed by atoms with van der Waals surface area (Å²) in [6, 6.07) is 9.50. The summed E-state index contributed by atoms with van der Waals surface area (Å²) in [5.41, 5.74) is 3.03. The van der Waals surface area contributed by atoms with Gasteiger partial charge in [0.2, 0.25) is 5.91 Å². The Hall–Kier alpha value is -3.39. The smallest absolute Gasteiger partial charge is 0.260 e. The topological polar surface area (TPSA) is 126 Å². The second-order valence-corrected chi connectivity index (χ2v) is 4.76. The van der Waals surface area contributed by atoms with Crippen LogP contribution in [0, 0.1) is 0 Å². The third-order valence-electron chi connectivity index (χ3n) is 2.92. The molecule has 0 saturated heterocycles. The molecule has 8 heteroatoms. The average Bonchev–Trinajstić information content (AvgIpc) is 3.08. The van der Waals surface area contributed by atoms with Gasteiger partial charge in [0.1, 0.15) is 5.76 Å². The number of benzene rings is 1. The lowest BCUT2D eigenvalue weighted by atomic mass is 10.2. The van der Waals surface area contributed by atoms with Gasteiger partial charge in [-0.3, -0.25) is 19.8 Å². The normalized spacial score (nSPS) is 10.8. The maximum absolute atomic E-state index is 12.3. The largest absolute Gasteiger partial charge is 0.463 e. The molecule has 1 aromatic heterocycles. The lowest BCUT2D eigenvalue weighted by Crippen LogP contribution is -2.30. The second-order valence-electron chi connectivity index (χ2n) is 4.76. The molecular weight excluding hydrogens is 312 g/mol. The highest BCUT2D eigenvalue weighted by Crippen LogP contribution is 2.14. The molecule has 0 saturated carbocycles. The number of hydrazine groups is 1. The van der Waals surface area contributed by atoms with Gasteiger partial charge in [-0.15, -0.1) is 0 Å². The van der Waals surface area contributed by atoms with Crippen LogP contribution in [0.1, 0.15) is 23.0 Å². The summed E-state index contributed by atoms with van der Waals surface area (Å²) in [5.74, 6) is 4.11. The first-order valence-corrected chi connectivity index (χ1v) is 6.94. The Kier molecular flexibility index (Phi) is 5.48. The average molecular weight is 328 g/mol. The van der Waals surface area contributed by atoms with E-state index in [1.54, 1.807) is 36.4 Å². The Morgan fingerprint density at radius 2 is 1.83 bits per heavy atom. The van der Waals surface area contributed by atoms with Crippen LogP contribution in [0.5, 0.6) is 0 Å². The molecule has 0 aliphatic heterocycles. The fraction of sp³-hybridized carbons (Fsp3) is 0.0625. The lowest BCUT2D eigenvalue weighted by Gasteiger charge is -2.08. The summed E-state index contributed by atoms with van der Waals surface area (Å²) in [4.78, 5) is 34.7. The fourth-order valence-corrected chi connectivity index (χ4v) is 1.88. The van der Waals surface area contributed by atoms with E-state index in [4.69, 9.17) is 10.3 Å². The Morgan fingerprint density at radius 3 is 2.38 bits per heavy atom. The molecule has 0 aliphatic carbocycles. The zero-order chi connectivity index (χ0) is 17.5. The molecule has 2 rings (SSSR count). The molecule has 124 valence electrons. The maximum atomic E-state index is 12.3. The minimum absolute atomic E-state index is 0.166. The Bertz CT molecular complexity index is 764. The van der Waals surface area contributed by atoms with E-state index >= 15 is 0 Å². The molecule has 0 unspecified atom stereocenters. The van der Waals surface area contributed by atoms with Crippen molar-refractivity contribution in [2.45, 2.75) is 6.92 Å². The third-order valence-corrected chi connectivity index (χ3v) is 2.92. The van der Waals surface area contributed by atoms with Crippen molar-refractivity contribution >= 4 is 29.1 Å². The maximum Gasteiger partial charge on any atom is 0.260 e. The van der Waals surface area contributed by atoms with Gasteiger partial charge in [-0.05, 0) is 36.4 Å². The van der Waals surface area contributed by atoms with Crippen molar-refractivity contribution in [2.75, 3.05) is 5.32 Å². The standard InChI is InChI=1S/C16H16N4O4/c1-10(21)18-12-6-4-11(5-7-12)16(23)19-13(9-15(22)20-17)14-3-2-8-24-14/h2-9H,17H2,1H3,(H,18,21)(H,19,23)(H,20,22)/b13-9+. The van der Waals surface area contributed by atoms with E-state index < -0.39 is 11.8 Å². The first-order valence-electron chi connectivity index (χ1n) is 6.94. The van der Waals surface area contributed by atoms with Gasteiger partial charge in [-0.1, -0.05) is 0 Å². The predicted octanol–water partition coefficient (Wildman–Crippen LogP) is 0.999. The fourth-order valence-electron chi connectivity index (χ4n) is 1.88. The molecule has 5 N–H and O–H groups in total. The van der Waals surface area contributed by atoms with Crippen molar-refractivity contribution in [1.29, 1.82) is 0 Å². The van der Waals surface area contributed by atoms with Crippen molar-refractivity contribution in [3.8, 4) is 0 Å². The quantitative estimate of drug-likeness (QED) is 0.282. The van der Waals surface area contributed by atoms with Gasteiger partial charge >= 0.3 is 0 Å². The highest BCUT2D eigenvalue weighted by molar-refractivity contribution is 6.03. The molecule has 0 atom stereocenters. The van der Waals surface area contributed by atoms with Crippen LogP contribution in [0.2, 0.25) is 0 Å². The molecule has 0 aliphatic rings. The van der Waals surface area contributed by atoms with Crippen LogP contribution in [0.3, 0.4) is 0 Å². The van der Waals surface area contributed by atoms with Gasteiger partial charge < -0.3 is 15.1 Å². The highest BCUT2D eigenvalue weighted by atomic mass is 16.3. The number of nitrogens with one attached hydrogen (secondary N) is 3. The van der Waals surface area contributed by atoms with Gasteiger partial charge in [0.25, 0.3) is 11.8 Å². The molecule has 1 heterocycles. The van der Waals surface area contributed by atoms with Crippen molar-refractivity contribution in [3.63, 3.8) is 0 Å². The minimum Gasteiger partial charge on any atom is -0.463 e. The number of carbonyl (C=O) groups is 3. The Labute approximate surface area is 137 Å². The molecule has 1 aromatic carbocycles. The van der Waals surface area contributed by atoms with Crippen LogP contribution >= 0.6 is 0 Å². The first-order chi connectivity index (χ1) is 11.5. The first kappa shape index (κ1) is 17.0. The molecular formula is C16H16N4O4. The molecule has 3 amide bonds. The molecule has 0 radical (unpaired) electrons. The minimum atomic E-state index is -0.595. The van der Waals surface area contributed by atoms with E-state index in [1.807, 2.05) is 5.43 Å². The lowest BCUT2D eigenvalue weighted by molar-refractivity contribution is -0.116. The number of furan rings is 1. The summed E-state index contributed by atoms with van der Waals surface area (Å²) in [6.45, 7) is 1.39. The summed E-state index contributed by atoms with van der Waals surface area (Å²) in [7, 11) is 0. The number of hydrogen-bond acceptors (Lipinski definition) is 5. The van der Waals surface area contributed by atoms with E-state index in [-0.39, 0.29) is 11.6 Å². The van der Waals surface area contributed by atoms with Gasteiger partial charge in [-0.2, -0.15) is 0 Å². The zero-order valence-electron chi connectivity index (χ0n) is 12.8. The van der Waals surface area contributed by atoms with Crippen LogP contribution < -0.4 is 21.9 Å². The molecule has 24 heavy (non-hydrogen) atoms. The number of amides is 3. The van der Waals surface area contributed by atoms with Crippen LogP contribution in [-0.2, 0) is 9.59 Å². The van der Waals surface area contributed by atoms with Crippen LogP contribution in [0.25, 0.3) is 5.70 Å². The second kappa shape index (κ2) is 7.75. The number of carbonyl (C=O) groups excluding carboxylic acids is 3. The van der Waals surface area contributed by atoms with Crippen LogP contribution in [0.4, 0.5) is 5.69 Å². The van der Waals surface area contributed by atoms with Crippen molar-refractivity contribution in [3.05, 3.63) is 60.1 Å². The molecule has 2 aromatic rings. The molecule has 0 fully saturated rings. The van der Waals surface area contributed by atoms with Gasteiger partial charge in [-0.25, -0.2) is 5.84 Å². The van der Waals surface area contributed by atoms with Crippen molar-refractivity contribution in [2.24, 2.45) is 5.84 Å². The van der Waals surface area contributed by atoms with E-state index in [1.165, 1.54) is 13.2 Å². The predicted molar refractivity (Wildman–Crippen MR) is 87.2 cm³/mol. The monoisotopic (exact) mass is 328 g/mol. The number of nitrogens with two attached hydrogens (primary N) is 1. The SMILES string of the molecule is CC(=O)Nc1ccc(C(=O)N/C(=C/C(=O)NN)c2ccco2)cc1. The van der Waals surface area contributed by atoms with Gasteiger partial charge in [0.05, 0.1) is 12.0 Å². The van der Waals surface area contributed by atoms with E-state index in [0.717, 1.165) is 6.08 Å². The Morgan fingerprint density at radius 1 is 1.12 bits per heavy atom. The molecule has 0 bridgehead atoms. The third kappa shape index (κ3) is 4.55. The number of rotatable bonds is 5. The zero-order valence-corrected chi connectivity index (χ0v) is 12.8.